The van der Waals surface area contributed by atoms with E-state index >= 15 is 0 Å². The zero-order valence-electron chi connectivity index (χ0n) is 10.8. The molecule has 3 rings (SSSR count). The number of anilines is 1. The van der Waals surface area contributed by atoms with E-state index in [4.69, 9.17) is 5.84 Å². The van der Waals surface area contributed by atoms with Crippen molar-refractivity contribution in [3.63, 3.8) is 0 Å². The van der Waals surface area contributed by atoms with Crippen molar-refractivity contribution in [2.75, 3.05) is 18.5 Å². The van der Waals surface area contributed by atoms with Crippen LogP contribution in [0.2, 0.25) is 0 Å². The fraction of sp³-hybridized carbons (Fsp3) is 0.538. The Labute approximate surface area is 112 Å². The van der Waals surface area contributed by atoms with Gasteiger partial charge in [0.25, 0.3) is 5.91 Å². The monoisotopic (exact) mass is 261 g/mol. The van der Waals surface area contributed by atoms with Gasteiger partial charge in [0, 0.05) is 24.8 Å². The van der Waals surface area contributed by atoms with E-state index in [2.05, 4.69) is 20.6 Å². The number of hydrogen-bond acceptors (Lipinski definition) is 5. The second-order valence-electron chi connectivity index (χ2n) is 5.19. The first kappa shape index (κ1) is 12.4. The maximum atomic E-state index is 12.2. The summed E-state index contributed by atoms with van der Waals surface area (Å²) in [6, 6.07) is 4.16. The molecule has 0 spiro atoms. The van der Waals surface area contributed by atoms with E-state index in [0.29, 0.717) is 17.4 Å². The van der Waals surface area contributed by atoms with E-state index in [1.165, 1.54) is 19.4 Å². The third-order valence-electron chi connectivity index (χ3n) is 4.08. The van der Waals surface area contributed by atoms with Gasteiger partial charge in [-0.25, -0.2) is 0 Å². The normalized spacial score (nSPS) is 26.2. The Morgan fingerprint density at radius 3 is 3.16 bits per heavy atom. The summed E-state index contributed by atoms with van der Waals surface area (Å²) in [5.41, 5.74) is 3.62. The topological polar surface area (TPSA) is 83.3 Å². The molecule has 2 saturated heterocycles. The number of nitrogens with one attached hydrogen (secondary N) is 2. The number of carbonyl (C=O) groups excluding carboxylic acids is 1. The van der Waals surface area contributed by atoms with E-state index in [9.17, 15) is 4.79 Å². The smallest absolute Gasteiger partial charge is 0.270 e. The number of amides is 1. The van der Waals surface area contributed by atoms with Gasteiger partial charge in [0.2, 0.25) is 0 Å². The van der Waals surface area contributed by atoms with Crippen LogP contribution in [0.25, 0.3) is 0 Å². The van der Waals surface area contributed by atoms with Crippen molar-refractivity contribution in [2.45, 2.75) is 31.3 Å². The molecular weight excluding hydrogens is 242 g/mol. The lowest BCUT2D eigenvalue weighted by Crippen LogP contribution is -2.42. The van der Waals surface area contributed by atoms with E-state index in [1.54, 1.807) is 18.3 Å². The molecule has 0 saturated carbocycles. The molecule has 6 nitrogen and oxygen atoms in total. The molecular formula is C13H19N5O. The highest BCUT2D eigenvalue weighted by Gasteiger charge is 2.37. The molecule has 102 valence electrons. The van der Waals surface area contributed by atoms with Crippen LogP contribution in [-0.4, -0.2) is 41.0 Å². The molecule has 2 unspecified atom stereocenters. The summed E-state index contributed by atoms with van der Waals surface area (Å²) in [5.74, 6) is 5.22. The molecule has 1 amide bonds. The number of aromatic nitrogens is 1. The van der Waals surface area contributed by atoms with Crippen LogP contribution in [-0.2, 0) is 0 Å². The Kier molecular flexibility index (Phi) is 3.35. The van der Waals surface area contributed by atoms with Gasteiger partial charge in [-0.1, -0.05) is 0 Å². The first-order chi connectivity index (χ1) is 9.28. The molecule has 0 bridgehead atoms. The highest BCUT2D eigenvalue weighted by atomic mass is 16.2. The van der Waals surface area contributed by atoms with Crippen molar-refractivity contribution in [3.05, 3.63) is 24.0 Å². The summed E-state index contributed by atoms with van der Waals surface area (Å²) in [6.45, 7) is 2.26. The number of pyridine rings is 1. The molecule has 2 aliphatic heterocycles. The van der Waals surface area contributed by atoms with E-state index in [1.807, 2.05) is 0 Å². The number of carbonyl (C=O) groups is 1. The van der Waals surface area contributed by atoms with Crippen LogP contribution in [0.4, 0.5) is 5.69 Å². The number of nitrogens with zero attached hydrogens (tertiary/aromatic N) is 2. The van der Waals surface area contributed by atoms with Gasteiger partial charge in [-0.05, 0) is 37.9 Å². The molecule has 2 fully saturated rings. The molecule has 2 atom stereocenters. The predicted molar refractivity (Wildman–Crippen MR) is 72.5 cm³/mol. The summed E-state index contributed by atoms with van der Waals surface area (Å²) >= 11 is 0. The summed E-state index contributed by atoms with van der Waals surface area (Å²) in [5, 5.41) is 3.11. The largest absolute Gasteiger partial charge is 0.346 e. The van der Waals surface area contributed by atoms with Crippen molar-refractivity contribution in [2.24, 2.45) is 5.84 Å². The third kappa shape index (κ3) is 2.41. The van der Waals surface area contributed by atoms with Gasteiger partial charge in [-0.2, -0.15) is 0 Å². The van der Waals surface area contributed by atoms with Crippen LogP contribution in [0.1, 0.15) is 29.8 Å². The molecule has 19 heavy (non-hydrogen) atoms. The van der Waals surface area contributed by atoms with E-state index < -0.39 is 0 Å². The minimum absolute atomic E-state index is 0.115. The van der Waals surface area contributed by atoms with Crippen LogP contribution < -0.4 is 16.6 Å². The summed E-state index contributed by atoms with van der Waals surface area (Å²) in [6.07, 6.45) is 5.04. The van der Waals surface area contributed by atoms with E-state index in [0.717, 1.165) is 13.0 Å². The quantitative estimate of drug-likeness (QED) is 0.539. The van der Waals surface area contributed by atoms with Crippen LogP contribution >= 0.6 is 0 Å². The van der Waals surface area contributed by atoms with Gasteiger partial charge in [-0.3, -0.25) is 20.5 Å². The van der Waals surface area contributed by atoms with E-state index in [-0.39, 0.29) is 11.9 Å². The van der Waals surface area contributed by atoms with Gasteiger partial charge >= 0.3 is 0 Å². The van der Waals surface area contributed by atoms with Crippen molar-refractivity contribution in [1.82, 2.24) is 15.2 Å². The van der Waals surface area contributed by atoms with Crippen LogP contribution in [0.3, 0.4) is 0 Å². The van der Waals surface area contributed by atoms with Crippen LogP contribution in [0.5, 0.6) is 0 Å². The minimum Gasteiger partial charge on any atom is -0.346 e. The minimum atomic E-state index is -0.115. The Morgan fingerprint density at radius 1 is 1.42 bits per heavy atom. The summed E-state index contributed by atoms with van der Waals surface area (Å²) in [7, 11) is 0. The van der Waals surface area contributed by atoms with Gasteiger partial charge in [0.15, 0.2) is 0 Å². The molecule has 1 aromatic heterocycles. The van der Waals surface area contributed by atoms with Crippen molar-refractivity contribution < 1.29 is 4.79 Å². The Balaban J connectivity index is 1.67. The van der Waals surface area contributed by atoms with Gasteiger partial charge in [0.05, 0.1) is 5.69 Å². The molecule has 4 N–H and O–H groups in total. The van der Waals surface area contributed by atoms with Gasteiger partial charge in [-0.15, -0.1) is 0 Å². The maximum absolute atomic E-state index is 12.2. The van der Waals surface area contributed by atoms with Crippen LogP contribution in [0.15, 0.2) is 18.3 Å². The Hall–Kier alpha value is -1.66. The molecule has 0 aliphatic carbocycles. The average Bonchev–Trinajstić information content (AvgIpc) is 3.04. The lowest BCUT2D eigenvalue weighted by Gasteiger charge is -2.21. The number of nitrogen functional groups attached to an aromatic ring is 1. The number of rotatable bonds is 3. The molecule has 0 radical (unpaired) electrons. The summed E-state index contributed by atoms with van der Waals surface area (Å²) < 4.78 is 0. The standard InChI is InChI=1S/C13H19N5O/c14-17-9-3-5-15-11(8-9)13(19)16-10-4-7-18-6-1-2-12(10)18/h3,5,8,10,12H,1-2,4,6-7,14H2,(H,15,17)(H,16,19). The second kappa shape index (κ2) is 5.14. The number of nitrogens with two attached hydrogens (primary N) is 1. The average molecular weight is 261 g/mol. The van der Waals surface area contributed by atoms with Crippen molar-refractivity contribution in [1.29, 1.82) is 0 Å². The Bertz CT molecular complexity index is 478. The zero-order valence-corrected chi connectivity index (χ0v) is 10.8. The lowest BCUT2D eigenvalue weighted by molar-refractivity contribution is 0.0924. The predicted octanol–water partition coefficient (Wildman–Crippen LogP) is 0.334. The lowest BCUT2D eigenvalue weighted by atomic mass is 10.1. The molecule has 6 heteroatoms. The highest BCUT2D eigenvalue weighted by Crippen LogP contribution is 2.28. The van der Waals surface area contributed by atoms with Crippen molar-refractivity contribution >= 4 is 11.6 Å². The molecule has 2 aliphatic rings. The molecule has 3 heterocycles. The molecule has 0 aromatic carbocycles. The van der Waals surface area contributed by atoms with Gasteiger partial charge in [0.1, 0.15) is 5.69 Å². The maximum Gasteiger partial charge on any atom is 0.270 e. The second-order valence-corrected chi connectivity index (χ2v) is 5.19. The highest BCUT2D eigenvalue weighted by molar-refractivity contribution is 5.93. The first-order valence-electron chi connectivity index (χ1n) is 6.75. The Morgan fingerprint density at radius 2 is 2.32 bits per heavy atom. The first-order valence-corrected chi connectivity index (χ1v) is 6.75. The molecule has 1 aromatic rings. The number of fused-ring (bicyclic) bond motifs is 1. The fourth-order valence-electron chi connectivity index (χ4n) is 3.14. The third-order valence-corrected chi connectivity index (χ3v) is 4.08. The van der Waals surface area contributed by atoms with Crippen LogP contribution in [0, 0.1) is 0 Å². The number of hydrazine groups is 1. The van der Waals surface area contributed by atoms with Crippen molar-refractivity contribution in [3.8, 4) is 0 Å². The zero-order chi connectivity index (χ0) is 13.2. The SMILES string of the molecule is NNc1ccnc(C(=O)NC2CCN3CCCC23)c1. The summed E-state index contributed by atoms with van der Waals surface area (Å²) in [4.78, 5) is 18.8. The fourth-order valence-corrected chi connectivity index (χ4v) is 3.14. The number of hydrogen-bond donors (Lipinski definition) is 3. The van der Waals surface area contributed by atoms with Gasteiger partial charge < -0.3 is 10.7 Å².